The standard InChI is InChI=1S/C16H14N4O4S2/c1-3-9-23-15(21)19-13(25)17-11-7-5-6-8-12(11)18-14(26)20-16(22)24-10-4-2/h1-2,5-8H,9-10H2,(H2,17,19,21,25)(H2,18,20,22,26). The molecule has 0 radical (unpaired) electrons. The van der Waals surface area contributed by atoms with Gasteiger partial charge in [0.15, 0.2) is 23.4 Å². The van der Waals surface area contributed by atoms with Crippen molar-refractivity contribution in [2.75, 3.05) is 23.8 Å². The molecule has 134 valence electrons. The van der Waals surface area contributed by atoms with Crippen LogP contribution in [0.2, 0.25) is 0 Å². The van der Waals surface area contributed by atoms with Gasteiger partial charge in [-0.25, -0.2) is 9.59 Å². The van der Waals surface area contributed by atoms with Crippen molar-refractivity contribution < 1.29 is 19.1 Å². The number of carbonyl (C=O) groups excluding carboxylic acids is 2. The van der Waals surface area contributed by atoms with E-state index in [2.05, 4.69) is 42.6 Å². The molecular formula is C16H14N4O4S2. The van der Waals surface area contributed by atoms with Crippen molar-refractivity contribution in [3.8, 4) is 24.7 Å². The summed E-state index contributed by atoms with van der Waals surface area (Å²) in [6.07, 6.45) is 8.39. The molecule has 1 aromatic carbocycles. The highest BCUT2D eigenvalue weighted by Crippen LogP contribution is 2.20. The van der Waals surface area contributed by atoms with Crippen LogP contribution >= 0.6 is 24.4 Å². The Labute approximate surface area is 161 Å². The van der Waals surface area contributed by atoms with Crippen LogP contribution in [0.25, 0.3) is 0 Å². The summed E-state index contributed by atoms with van der Waals surface area (Å²) in [6.45, 7) is -0.357. The summed E-state index contributed by atoms with van der Waals surface area (Å²) in [7, 11) is 0. The third kappa shape index (κ3) is 7.97. The molecule has 2 amide bonds. The summed E-state index contributed by atoms with van der Waals surface area (Å²) < 4.78 is 9.29. The minimum absolute atomic E-state index is 0.0198. The van der Waals surface area contributed by atoms with Crippen molar-refractivity contribution in [1.82, 2.24) is 10.6 Å². The van der Waals surface area contributed by atoms with E-state index in [1.807, 2.05) is 0 Å². The first kappa shape index (κ1) is 20.7. The van der Waals surface area contributed by atoms with Crippen LogP contribution in [0.3, 0.4) is 0 Å². The maximum absolute atomic E-state index is 11.4. The Hall–Kier alpha value is -3.34. The molecular weight excluding hydrogens is 376 g/mol. The highest BCUT2D eigenvalue weighted by Gasteiger charge is 2.10. The summed E-state index contributed by atoms with van der Waals surface area (Å²) in [4.78, 5) is 22.8. The van der Waals surface area contributed by atoms with Crippen LogP contribution in [0.5, 0.6) is 0 Å². The lowest BCUT2D eigenvalue weighted by Crippen LogP contribution is -2.36. The molecule has 1 rings (SSSR count). The average molecular weight is 390 g/mol. The van der Waals surface area contributed by atoms with Crippen LogP contribution in [0.15, 0.2) is 24.3 Å². The summed E-state index contributed by atoms with van der Waals surface area (Å²) in [5, 5.41) is 10.1. The number of para-hydroxylation sites is 2. The van der Waals surface area contributed by atoms with Crippen LogP contribution in [0.4, 0.5) is 21.0 Å². The minimum Gasteiger partial charge on any atom is -0.436 e. The fourth-order valence-electron chi connectivity index (χ4n) is 1.48. The van der Waals surface area contributed by atoms with E-state index in [1.165, 1.54) is 0 Å². The van der Waals surface area contributed by atoms with Crippen LogP contribution in [-0.2, 0) is 9.47 Å². The van der Waals surface area contributed by atoms with Crippen LogP contribution in [-0.4, -0.2) is 35.6 Å². The molecule has 0 fully saturated rings. The number of anilines is 2. The minimum atomic E-state index is -0.792. The largest absolute Gasteiger partial charge is 0.436 e. The first-order valence-electron chi connectivity index (χ1n) is 6.91. The first-order valence-corrected chi connectivity index (χ1v) is 7.73. The van der Waals surface area contributed by atoms with Gasteiger partial charge in [0.1, 0.15) is 0 Å². The van der Waals surface area contributed by atoms with Gasteiger partial charge in [0.05, 0.1) is 11.4 Å². The van der Waals surface area contributed by atoms with Gasteiger partial charge in [-0.05, 0) is 36.6 Å². The fourth-order valence-corrected chi connectivity index (χ4v) is 1.87. The molecule has 4 N–H and O–H groups in total. The van der Waals surface area contributed by atoms with Crippen LogP contribution in [0, 0.1) is 24.7 Å². The molecule has 0 aliphatic heterocycles. The Bertz CT molecular complexity index is 718. The highest BCUT2D eigenvalue weighted by atomic mass is 32.1. The van der Waals surface area contributed by atoms with E-state index < -0.39 is 12.2 Å². The molecule has 8 nitrogen and oxygen atoms in total. The lowest BCUT2D eigenvalue weighted by Gasteiger charge is -2.15. The number of benzene rings is 1. The second kappa shape index (κ2) is 11.3. The van der Waals surface area contributed by atoms with E-state index in [1.54, 1.807) is 24.3 Å². The second-order valence-electron chi connectivity index (χ2n) is 4.26. The first-order chi connectivity index (χ1) is 12.5. The van der Waals surface area contributed by atoms with Gasteiger partial charge in [-0.15, -0.1) is 12.8 Å². The fraction of sp³-hybridized carbons (Fsp3) is 0.125. The number of carbonyl (C=O) groups is 2. The molecule has 0 saturated carbocycles. The van der Waals surface area contributed by atoms with Gasteiger partial charge in [-0.1, -0.05) is 24.0 Å². The summed E-state index contributed by atoms with van der Waals surface area (Å²) in [6, 6.07) is 6.79. The molecule has 26 heavy (non-hydrogen) atoms. The molecule has 0 bridgehead atoms. The number of thiocarbonyl (C=S) groups is 2. The Morgan fingerprint density at radius 2 is 1.27 bits per heavy atom. The topological polar surface area (TPSA) is 101 Å². The molecule has 10 heteroatoms. The van der Waals surface area contributed by atoms with Crippen molar-refractivity contribution in [2.45, 2.75) is 0 Å². The number of hydrogen-bond donors (Lipinski definition) is 4. The van der Waals surface area contributed by atoms with Crippen LogP contribution < -0.4 is 21.3 Å². The Balaban J connectivity index is 2.64. The molecule has 0 spiro atoms. The normalized spacial score (nSPS) is 8.85. The van der Waals surface area contributed by atoms with Gasteiger partial charge in [0.2, 0.25) is 0 Å². The Morgan fingerprint density at radius 1 is 0.885 bits per heavy atom. The van der Waals surface area contributed by atoms with E-state index in [4.69, 9.17) is 37.3 Å². The van der Waals surface area contributed by atoms with E-state index in [0.29, 0.717) is 11.4 Å². The average Bonchev–Trinajstić information content (AvgIpc) is 2.59. The van der Waals surface area contributed by atoms with Gasteiger partial charge in [0.25, 0.3) is 0 Å². The molecule has 0 aliphatic rings. The maximum atomic E-state index is 11.4. The van der Waals surface area contributed by atoms with Gasteiger partial charge >= 0.3 is 12.2 Å². The lowest BCUT2D eigenvalue weighted by atomic mass is 10.2. The third-order valence-corrected chi connectivity index (χ3v) is 2.84. The van der Waals surface area contributed by atoms with Gasteiger partial charge in [-0.3, -0.25) is 10.6 Å². The van der Waals surface area contributed by atoms with Crippen molar-refractivity contribution in [3.05, 3.63) is 24.3 Å². The predicted molar refractivity (Wildman–Crippen MR) is 106 cm³/mol. The second-order valence-corrected chi connectivity index (χ2v) is 5.08. The zero-order valence-electron chi connectivity index (χ0n) is 13.3. The molecule has 0 aliphatic carbocycles. The Morgan fingerprint density at radius 3 is 1.62 bits per heavy atom. The number of rotatable bonds is 4. The number of ether oxygens (including phenoxy) is 2. The summed E-state index contributed by atoms with van der Waals surface area (Å²) in [5.41, 5.74) is 0.965. The number of hydrogen-bond acceptors (Lipinski definition) is 6. The highest BCUT2D eigenvalue weighted by molar-refractivity contribution is 7.80. The Kier molecular flexibility index (Phi) is 8.96. The molecule has 0 aromatic heterocycles. The lowest BCUT2D eigenvalue weighted by molar-refractivity contribution is 0.165. The van der Waals surface area contributed by atoms with Crippen LogP contribution in [0.1, 0.15) is 0 Å². The van der Waals surface area contributed by atoms with Crippen molar-refractivity contribution in [2.24, 2.45) is 0 Å². The van der Waals surface area contributed by atoms with E-state index >= 15 is 0 Å². The molecule has 0 saturated heterocycles. The van der Waals surface area contributed by atoms with E-state index in [0.717, 1.165) is 0 Å². The SMILES string of the molecule is C#CCOC(=O)NC(=S)Nc1ccccc1NC(=S)NC(=O)OCC#C. The number of terminal acetylenes is 2. The van der Waals surface area contributed by atoms with Crippen molar-refractivity contribution >= 4 is 58.2 Å². The summed E-state index contributed by atoms with van der Waals surface area (Å²) in [5.74, 6) is 4.31. The van der Waals surface area contributed by atoms with Gasteiger partial charge < -0.3 is 20.1 Å². The molecule has 0 atom stereocenters. The zero-order chi connectivity index (χ0) is 19.4. The number of alkyl carbamates (subject to hydrolysis) is 2. The predicted octanol–water partition coefficient (Wildman–Crippen LogP) is 1.80. The van der Waals surface area contributed by atoms with E-state index in [-0.39, 0.29) is 23.4 Å². The summed E-state index contributed by atoms with van der Waals surface area (Å²) >= 11 is 10.0. The smallest absolute Gasteiger partial charge is 0.414 e. The number of amides is 2. The van der Waals surface area contributed by atoms with Gasteiger partial charge in [0, 0.05) is 0 Å². The number of nitrogens with one attached hydrogen (secondary N) is 4. The monoisotopic (exact) mass is 390 g/mol. The quantitative estimate of drug-likeness (QED) is 0.456. The molecule has 0 unspecified atom stereocenters. The third-order valence-electron chi connectivity index (χ3n) is 2.43. The van der Waals surface area contributed by atoms with Crippen molar-refractivity contribution in [1.29, 1.82) is 0 Å². The van der Waals surface area contributed by atoms with Gasteiger partial charge in [-0.2, -0.15) is 0 Å². The zero-order valence-corrected chi connectivity index (χ0v) is 15.0. The van der Waals surface area contributed by atoms with Crippen molar-refractivity contribution in [3.63, 3.8) is 0 Å². The van der Waals surface area contributed by atoms with E-state index in [9.17, 15) is 9.59 Å². The maximum Gasteiger partial charge on any atom is 0.414 e. The molecule has 1 aromatic rings. The molecule has 0 heterocycles.